The van der Waals surface area contributed by atoms with Crippen molar-refractivity contribution in [2.45, 2.75) is 52.7 Å². The van der Waals surface area contributed by atoms with E-state index in [0.717, 1.165) is 37.6 Å². The third-order valence-corrected chi connectivity index (χ3v) is 7.22. The summed E-state index contributed by atoms with van der Waals surface area (Å²) in [5, 5.41) is 32.0. The highest BCUT2D eigenvalue weighted by Gasteiger charge is 2.15. The molecule has 0 aliphatic rings. The molecule has 2 unspecified atom stereocenters. The molecule has 0 bridgehead atoms. The van der Waals surface area contributed by atoms with Crippen LogP contribution in [0.1, 0.15) is 61.9 Å². The molecule has 0 spiro atoms. The number of aromatic hydroxyl groups is 1. The zero-order valence-corrected chi connectivity index (χ0v) is 26.4. The van der Waals surface area contributed by atoms with Gasteiger partial charge in [0.2, 0.25) is 5.95 Å². The Morgan fingerprint density at radius 1 is 1.02 bits per heavy atom. The molecule has 0 saturated heterocycles. The zero-order valence-electron chi connectivity index (χ0n) is 25.6. The number of nitrogens with zero attached hydrogens (tertiary/aromatic N) is 4. The maximum Gasteiger partial charge on any atom is 0.243 e. The van der Waals surface area contributed by atoms with Crippen LogP contribution >= 0.6 is 11.6 Å². The number of benzene rings is 2. The predicted molar refractivity (Wildman–Crippen MR) is 177 cm³/mol. The van der Waals surface area contributed by atoms with Crippen molar-refractivity contribution in [2.24, 2.45) is 11.0 Å². The van der Waals surface area contributed by atoms with Gasteiger partial charge in [-0.25, -0.2) is 19.8 Å². The Morgan fingerprint density at radius 2 is 1.84 bits per heavy atom. The number of phenols is 1. The molecule has 2 aromatic heterocycles. The number of aryl methyl sites for hydroxylation is 1. The number of nitrogens with one attached hydrogen (secondary N) is 3. The number of aliphatic hydroxyl groups is 1. The summed E-state index contributed by atoms with van der Waals surface area (Å²) in [4.78, 5) is 12.7. The van der Waals surface area contributed by atoms with Crippen molar-refractivity contribution < 1.29 is 19.3 Å². The molecule has 2 heterocycles. The van der Waals surface area contributed by atoms with Crippen LogP contribution in [0.3, 0.4) is 0 Å². The fraction of sp³-hybridized carbons (Fsp3) is 0.333. The van der Waals surface area contributed by atoms with Crippen molar-refractivity contribution >= 4 is 40.8 Å². The van der Waals surface area contributed by atoms with E-state index in [0.29, 0.717) is 52.1 Å². The van der Waals surface area contributed by atoms with Gasteiger partial charge in [0.15, 0.2) is 12.0 Å². The number of halogens is 2. The van der Waals surface area contributed by atoms with Crippen LogP contribution in [0, 0.1) is 18.7 Å². The Balaban J connectivity index is 1.30. The maximum absolute atomic E-state index is 14.4. The van der Waals surface area contributed by atoms with Gasteiger partial charge in [-0.05, 0) is 80.1 Å². The van der Waals surface area contributed by atoms with Gasteiger partial charge in [-0.1, -0.05) is 31.9 Å². The number of hydrogen-bond donors (Lipinski definition) is 5. The van der Waals surface area contributed by atoms with Gasteiger partial charge >= 0.3 is 0 Å². The van der Waals surface area contributed by atoms with Gasteiger partial charge < -0.3 is 25.6 Å². The van der Waals surface area contributed by atoms with Gasteiger partial charge in [-0.3, -0.25) is 4.98 Å². The maximum atomic E-state index is 14.4. The van der Waals surface area contributed by atoms with E-state index in [1.165, 1.54) is 12.3 Å². The van der Waals surface area contributed by atoms with Crippen LogP contribution in [-0.4, -0.2) is 44.6 Å². The standard InChI is InChI=1S/C33H39ClFN7O3/c1-4-11-45-12-10-22(5-2)15-30-29(35)20-37-33(41-30)42-38-19-25-6-7-26(18-36-25)39-24-8-9-28(31(43)17-24)32(44)40-27-14-21(3)13-23(34)16-27/h6-9,13-14,16-20,22,32,39-40,43-44H,4-5,10-12,15H2,1-3H3,(H,37,41,42)/b38-19+. The SMILES string of the molecule is CCCOCCC(CC)Cc1nc(N/N=C/c2ccc(Nc3ccc(C(O)Nc4cc(C)cc(Cl)c4)c(O)c3)cn2)ncc1F. The highest BCUT2D eigenvalue weighted by atomic mass is 35.5. The molecule has 0 fully saturated rings. The lowest BCUT2D eigenvalue weighted by Gasteiger charge is -2.17. The second-order valence-electron chi connectivity index (χ2n) is 10.7. The topological polar surface area (TPSA) is 137 Å². The number of aliphatic hydroxyl groups excluding tert-OH is 1. The first-order chi connectivity index (χ1) is 21.7. The molecule has 0 aliphatic carbocycles. The van der Waals surface area contributed by atoms with Crippen molar-refractivity contribution in [2.75, 3.05) is 29.3 Å². The summed E-state index contributed by atoms with van der Waals surface area (Å²) in [6.45, 7) is 7.43. The van der Waals surface area contributed by atoms with Crippen LogP contribution in [0.4, 0.5) is 27.4 Å². The van der Waals surface area contributed by atoms with Crippen molar-refractivity contribution in [3.8, 4) is 5.75 Å². The molecular formula is C33H39ClFN7O3. The first-order valence-electron chi connectivity index (χ1n) is 14.9. The second kappa shape index (κ2) is 16.7. The minimum Gasteiger partial charge on any atom is -0.507 e. The van der Waals surface area contributed by atoms with E-state index in [4.69, 9.17) is 16.3 Å². The summed E-state index contributed by atoms with van der Waals surface area (Å²) in [7, 11) is 0. The number of hydrazone groups is 1. The Hall–Kier alpha value is -4.32. The molecule has 12 heteroatoms. The van der Waals surface area contributed by atoms with Crippen molar-refractivity contribution in [3.63, 3.8) is 0 Å². The number of ether oxygens (including phenoxy) is 1. The van der Waals surface area contributed by atoms with E-state index in [1.807, 2.05) is 19.1 Å². The van der Waals surface area contributed by atoms with Gasteiger partial charge in [0.05, 0.1) is 35.7 Å². The zero-order chi connectivity index (χ0) is 32.2. The van der Waals surface area contributed by atoms with Gasteiger partial charge in [0, 0.05) is 41.2 Å². The summed E-state index contributed by atoms with van der Waals surface area (Å²) in [6.07, 6.45) is 6.35. The minimum atomic E-state index is -1.14. The number of aromatic nitrogens is 3. The minimum absolute atomic E-state index is 0.0843. The molecule has 238 valence electrons. The molecule has 2 aromatic carbocycles. The third-order valence-electron chi connectivity index (χ3n) is 7.00. The van der Waals surface area contributed by atoms with E-state index in [1.54, 1.807) is 36.5 Å². The summed E-state index contributed by atoms with van der Waals surface area (Å²) in [5.41, 5.74) is 6.84. The lowest BCUT2D eigenvalue weighted by atomic mass is 9.97. The normalized spacial score (nSPS) is 12.7. The lowest BCUT2D eigenvalue weighted by molar-refractivity contribution is 0.119. The van der Waals surface area contributed by atoms with Crippen molar-refractivity contribution in [3.05, 3.63) is 94.3 Å². The van der Waals surface area contributed by atoms with E-state index >= 15 is 0 Å². The molecule has 5 N–H and O–H groups in total. The largest absolute Gasteiger partial charge is 0.507 e. The lowest BCUT2D eigenvalue weighted by Crippen LogP contribution is -2.12. The Bertz CT molecular complexity index is 1550. The number of pyridine rings is 1. The Labute approximate surface area is 267 Å². The Kier molecular flexibility index (Phi) is 12.4. The molecule has 10 nitrogen and oxygen atoms in total. The molecule has 0 saturated carbocycles. The molecule has 45 heavy (non-hydrogen) atoms. The Morgan fingerprint density at radius 3 is 2.56 bits per heavy atom. The number of rotatable bonds is 16. The first-order valence-corrected chi connectivity index (χ1v) is 15.3. The van der Waals surface area contributed by atoms with Gasteiger partial charge in [-0.2, -0.15) is 5.10 Å². The second-order valence-corrected chi connectivity index (χ2v) is 11.1. The number of hydrogen-bond acceptors (Lipinski definition) is 10. The van der Waals surface area contributed by atoms with Gasteiger partial charge in [0.25, 0.3) is 0 Å². The van der Waals surface area contributed by atoms with Gasteiger partial charge in [-0.15, -0.1) is 0 Å². The first kappa shape index (κ1) is 33.6. The van der Waals surface area contributed by atoms with E-state index in [9.17, 15) is 14.6 Å². The molecule has 4 aromatic rings. The monoisotopic (exact) mass is 635 g/mol. The summed E-state index contributed by atoms with van der Waals surface area (Å²) < 4.78 is 20.0. The van der Waals surface area contributed by atoms with Crippen LogP contribution in [-0.2, 0) is 11.2 Å². The van der Waals surface area contributed by atoms with Crippen LogP contribution in [0.15, 0.2) is 66.0 Å². The van der Waals surface area contributed by atoms with Crippen molar-refractivity contribution in [1.29, 1.82) is 0 Å². The third kappa shape index (κ3) is 10.4. The van der Waals surface area contributed by atoms with E-state index in [2.05, 4.69) is 50.0 Å². The molecule has 0 radical (unpaired) electrons. The average molecular weight is 636 g/mol. The average Bonchev–Trinajstić information content (AvgIpc) is 3.00. The molecule has 4 rings (SSSR count). The molecule has 0 aliphatic heterocycles. The predicted octanol–water partition coefficient (Wildman–Crippen LogP) is 7.36. The van der Waals surface area contributed by atoms with Crippen LogP contribution in [0.2, 0.25) is 5.02 Å². The highest BCUT2D eigenvalue weighted by molar-refractivity contribution is 6.30. The summed E-state index contributed by atoms with van der Waals surface area (Å²) >= 11 is 6.10. The smallest absolute Gasteiger partial charge is 0.243 e. The van der Waals surface area contributed by atoms with Gasteiger partial charge in [0.1, 0.15) is 5.75 Å². The molecule has 2 atom stereocenters. The fourth-order valence-electron chi connectivity index (χ4n) is 4.61. The molecular weight excluding hydrogens is 597 g/mol. The van der Waals surface area contributed by atoms with Crippen LogP contribution in [0.25, 0.3) is 0 Å². The van der Waals surface area contributed by atoms with E-state index < -0.39 is 12.0 Å². The number of phenolic OH excluding ortho intramolecular Hbond substituents is 1. The van der Waals surface area contributed by atoms with Crippen LogP contribution < -0.4 is 16.1 Å². The summed E-state index contributed by atoms with van der Waals surface area (Å²) in [6, 6.07) is 13.8. The highest BCUT2D eigenvalue weighted by Crippen LogP contribution is 2.30. The quantitative estimate of drug-likeness (QED) is 0.0370. The van der Waals surface area contributed by atoms with Crippen molar-refractivity contribution in [1.82, 2.24) is 15.0 Å². The van der Waals surface area contributed by atoms with Crippen LogP contribution in [0.5, 0.6) is 5.75 Å². The van der Waals surface area contributed by atoms with E-state index in [-0.39, 0.29) is 17.6 Å². The fourth-order valence-corrected chi connectivity index (χ4v) is 4.90. The summed E-state index contributed by atoms with van der Waals surface area (Å²) in [5.74, 6) is -0.0673. The number of anilines is 4. The molecule has 0 amide bonds.